The Kier molecular flexibility index (Phi) is 5.27. The summed E-state index contributed by atoms with van der Waals surface area (Å²) in [6, 6.07) is 14.2. The van der Waals surface area contributed by atoms with Gasteiger partial charge in [-0.15, -0.1) is 11.6 Å². The second kappa shape index (κ2) is 7.84. The molecule has 0 spiro atoms. The quantitative estimate of drug-likeness (QED) is 0.756. The van der Waals surface area contributed by atoms with Crippen LogP contribution >= 0.6 is 11.6 Å². The molecule has 1 aliphatic carbocycles. The van der Waals surface area contributed by atoms with E-state index in [-0.39, 0.29) is 17.9 Å². The van der Waals surface area contributed by atoms with Gasteiger partial charge in [0.15, 0.2) is 0 Å². The zero-order chi connectivity index (χ0) is 19.7. The summed E-state index contributed by atoms with van der Waals surface area (Å²) in [5.41, 5.74) is 4.72. The molecule has 0 radical (unpaired) electrons. The number of rotatable bonds is 5. The molecule has 1 heterocycles. The highest BCUT2D eigenvalue weighted by Crippen LogP contribution is 2.30. The van der Waals surface area contributed by atoms with E-state index in [0.29, 0.717) is 11.3 Å². The van der Waals surface area contributed by atoms with Crippen molar-refractivity contribution in [3.05, 3.63) is 59.2 Å². The Labute approximate surface area is 170 Å². The standard InChI is InChI=1S/C22H24ClN3O2/c1-14(23)21(27)25-18-8-9-20(19(12-18)22(28)24-17-6-7-17)26-11-10-15-4-2-3-5-16(15)13-26/h2-5,8-9,12,14,17H,6-7,10-11,13H2,1H3,(H,24,28)(H,25,27). The van der Waals surface area contributed by atoms with Crippen molar-refractivity contribution < 1.29 is 9.59 Å². The van der Waals surface area contributed by atoms with Gasteiger partial charge in [-0.1, -0.05) is 24.3 Å². The lowest BCUT2D eigenvalue weighted by atomic mass is 9.98. The number of carbonyl (C=O) groups excluding carboxylic acids is 2. The summed E-state index contributed by atoms with van der Waals surface area (Å²) in [5, 5.41) is 5.21. The molecule has 1 fully saturated rings. The molecular weight excluding hydrogens is 374 g/mol. The van der Waals surface area contributed by atoms with Crippen LogP contribution in [0.5, 0.6) is 0 Å². The van der Waals surface area contributed by atoms with Crippen LogP contribution in [0.1, 0.15) is 41.3 Å². The lowest BCUT2D eigenvalue weighted by molar-refractivity contribution is -0.115. The van der Waals surface area contributed by atoms with E-state index >= 15 is 0 Å². The molecular formula is C22H24ClN3O2. The van der Waals surface area contributed by atoms with E-state index in [1.807, 2.05) is 12.1 Å². The largest absolute Gasteiger partial charge is 0.366 e. The maximum Gasteiger partial charge on any atom is 0.253 e. The zero-order valence-electron chi connectivity index (χ0n) is 15.9. The third-order valence-corrected chi connectivity index (χ3v) is 5.45. The van der Waals surface area contributed by atoms with E-state index in [1.54, 1.807) is 13.0 Å². The van der Waals surface area contributed by atoms with E-state index < -0.39 is 5.38 Å². The average Bonchev–Trinajstić information content (AvgIpc) is 3.51. The third kappa shape index (κ3) is 4.14. The summed E-state index contributed by atoms with van der Waals surface area (Å²) in [6.45, 7) is 3.24. The van der Waals surface area contributed by atoms with Crippen LogP contribution in [-0.4, -0.2) is 29.8 Å². The predicted molar refractivity (Wildman–Crippen MR) is 112 cm³/mol. The molecule has 146 valence electrons. The minimum Gasteiger partial charge on any atom is -0.366 e. The SMILES string of the molecule is CC(Cl)C(=O)Nc1ccc(N2CCc3ccccc3C2)c(C(=O)NC2CC2)c1. The molecule has 5 nitrogen and oxygen atoms in total. The summed E-state index contributed by atoms with van der Waals surface area (Å²) in [5.74, 6) is -0.374. The molecule has 2 aromatic carbocycles. The Morgan fingerprint density at radius 2 is 1.89 bits per heavy atom. The maximum absolute atomic E-state index is 12.9. The summed E-state index contributed by atoms with van der Waals surface area (Å²) in [7, 11) is 0. The van der Waals surface area contributed by atoms with Crippen LogP contribution in [0.3, 0.4) is 0 Å². The van der Waals surface area contributed by atoms with Crippen LogP contribution in [0, 0.1) is 0 Å². The summed E-state index contributed by atoms with van der Waals surface area (Å²) in [6.07, 6.45) is 3.00. The molecule has 2 aromatic rings. The summed E-state index contributed by atoms with van der Waals surface area (Å²) >= 11 is 5.86. The number of hydrogen-bond acceptors (Lipinski definition) is 3. The van der Waals surface area contributed by atoms with Gasteiger partial charge in [0.2, 0.25) is 5.91 Å². The Hall–Kier alpha value is -2.53. The van der Waals surface area contributed by atoms with Crippen molar-refractivity contribution in [2.24, 2.45) is 0 Å². The summed E-state index contributed by atoms with van der Waals surface area (Å²) < 4.78 is 0. The number of hydrogen-bond donors (Lipinski definition) is 2. The van der Waals surface area contributed by atoms with Crippen molar-refractivity contribution in [2.75, 3.05) is 16.8 Å². The lowest BCUT2D eigenvalue weighted by Gasteiger charge is -2.32. The van der Waals surface area contributed by atoms with Gasteiger partial charge in [0.05, 0.1) is 5.56 Å². The van der Waals surface area contributed by atoms with Crippen LogP contribution in [0.4, 0.5) is 11.4 Å². The van der Waals surface area contributed by atoms with E-state index in [1.165, 1.54) is 11.1 Å². The van der Waals surface area contributed by atoms with Crippen LogP contribution in [-0.2, 0) is 17.8 Å². The van der Waals surface area contributed by atoms with Crippen LogP contribution in [0.15, 0.2) is 42.5 Å². The predicted octanol–water partition coefficient (Wildman–Crippen LogP) is 3.71. The monoisotopic (exact) mass is 397 g/mol. The zero-order valence-corrected chi connectivity index (χ0v) is 16.6. The van der Waals surface area contributed by atoms with Crippen molar-refractivity contribution in [3.63, 3.8) is 0 Å². The molecule has 1 unspecified atom stereocenters. The second-order valence-electron chi connectivity index (χ2n) is 7.53. The van der Waals surface area contributed by atoms with Gasteiger partial charge in [-0.25, -0.2) is 0 Å². The van der Waals surface area contributed by atoms with Crippen LogP contribution in [0.2, 0.25) is 0 Å². The first-order valence-electron chi connectivity index (χ1n) is 9.73. The number of amides is 2. The minimum absolute atomic E-state index is 0.0913. The number of alkyl halides is 1. The molecule has 4 rings (SSSR count). The first-order chi connectivity index (χ1) is 13.5. The van der Waals surface area contributed by atoms with Gasteiger partial charge in [-0.05, 0) is 55.5 Å². The number of benzene rings is 2. The number of carbonyl (C=O) groups is 2. The van der Waals surface area contributed by atoms with Gasteiger partial charge in [-0.3, -0.25) is 9.59 Å². The van der Waals surface area contributed by atoms with Gasteiger partial charge in [-0.2, -0.15) is 0 Å². The number of nitrogens with one attached hydrogen (secondary N) is 2. The van der Waals surface area contributed by atoms with Gasteiger partial charge >= 0.3 is 0 Å². The first-order valence-corrected chi connectivity index (χ1v) is 10.2. The molecule has 1 atom stereocenters. The lowest BCUT2D eigenvalue weighted by Crippen LogP contribution is -2.33. The number of halogens is 1. The van der Waals surface area contributed by atoms with Crippen molar-refractivity contribution in [3.8, 4) is 0 Å². The van der Waals surface area contributed by atoms with Gasteiger partial charge in [0, 0.05) is 30.5 Å². The maximum atomic E-state index is 12.9. The number of fused-ring (bicyclic) bond motifs is 1. The Morgan fingerprint density at radius 3 is 2.61 bits per heavy atom. The Bertz CT molecular complexity index is 908. The van der Waals surface area contributed by atoms with Crippen molar-refractivity contribution in [2.45, 2.75) is 44.1 Å². The molecule has 2 amide bonds. The van der Waals surface area contributed by atoms with Crippen molar-refractivity contribution in [1.29, 1.82) is 0 Å². The highest BCUT2D eigenvalue weighted by Gasteiger charge is 2.27. The fraction of sp³-hybridized carbons (Fsp3) is 0.364. The van der Waals surface area contributed by atoms with E-state index in [0.717, 1.165) is 38.0 Å². The Balaban J connectivity index is 1.63. The second-order valence-corrected chi connectivity index (χ2v) is 8.18. The van der Waals surface area contributed by atoms with Gasteiger partial charge in [0.1, 0.15) is 5.38 Å². The van der Waals surface area contributed by atoms with E-state index in [4.69, 9.17) is 11.6 Å². The normalized spacial score (nSPS) is 16.9. The fourth-order valence-electron chi connectivity index (χ4n) is 3.51. The fourth-order valence-corrected chi connectivity index (χ4v) is 3.56. The van der Waals surface area contributed by atoms with E-state index in [9.17, 15) is 9.59 Å². The Morgan fingerprint density at radius 1 is 1.14 bits per heavy atom. The molecule has 6 heteroatoms. The van der Waals surface area contributed by atoms with Gasteiger partial charge in [0.25, 0.3) is 5.91 Å². The molecule has 2 N–H and O–H groups in total. The highest BCUT2D eigenvalue weighted by molar-refractivity contribution is 6.32. The molecule has 0 saturated heterocycles. The first kappa shape index (κ1) is 18.8. The van der Waals surface area contributed by atoms with Crippen molar-refractivity contribution >= 4 is 34.8 Å². The van der Waals surface area contributed by atoms with Crippen LogP contribution < -0.4 is 15.5 Å². The topological polar surface area (TPSA) is 61.4 Å². The molecule has 0 bridgehead atoms. The minimum atomic E-state index is -0.637. The molecule has 2 aliphatic rings. The smallest absolute Gasteiger partial charge is 0.253 e. The molecule has 1 aliphatic heterocycles. The number of nitrogens with zero attached hydrogens (tertiary/aromatic N) is 1. The highest BCUT2D eigenvalue weighted by atomic mass is 35.5. The van der Waals surface area contributed by atoms with Crippen molar-refractivity contribution in [1.82, 2.24) is 5.32 Å². The van der Waals surface area contributed by atoms with E-state index in [2.05, 4.69) is 39.8 Å². The average molecular weight is 398 g/mol. The molecule has 28 heavy (non-hydrogen) atoms. The number of anilines is 2. The third-order valence-electron chi connectivity index (χ3n) is 5.25. The van der Waals surface area contributed by atoms with Gasteiger partial charge < -0.3 is 15.5 Å². The van der Waals surface area contributed by atoms with Crippen LogP contribution in [0.25, 0.3) is 0 Å². The summed E-state index contributed by atoms with van der Waals surface area (Å²) in [4.78, 5) is 27.1. The molecule has 0 aromatic heterocycles. The molecule has 1 saturated carbocycles.